The molecule has 8 nitrogen and oxygen atoms in total. The molecule has 5 aromatic rings. The van der Waals surface area contributed by atoms with Crippen LogP contribution in [0.15, 0.2) is 91.4 Å². The molecule has 196 valence electrons. The highest BCUT2D eigenvalue weighted by atomic mass is 16.5. The number of rotatable bonds is 7. The summed E-state index contributed by atoms with van der Waals surface area (Å²) in [7, 11) is 0. The van der Waals surface area contributed by atoms with Gasteiger partial charge in [-0.3, -0.25) is 4.79 Å². The molecule has 3 heterocycles. The zero-order valence-corrected chi connectivity index (χ0v) is 21.8. The first-order valence-electron chi connectivity index (χ1n) is 13.2. The maximum absolute atomic E-state index is 12.8. The van der Waals surface area contributed by atoms with Crippen molar-refractivity contribution >= 4 is 34.4 Å². The molecule has 0 unspecified atom stereocenters. The molecule has 39 heavy (non-hydrogen) atoms. The Bertz CT molecular complexity index is 1590. The van der Waals surface area contributed by atoms with Gasteiger partial charge in [0.15, 0.2) is 11.5 Å². The molecule has 1 saturated heterocycles. The van der Waals surface area contributed by atoms with Crippen molar-refractivity contribution in [3.05, 3.63) is 103 Å². The molecular weight excluding hydrogens is 488 g/mol. The van der Waals surface area contributed by atoms with Crippen molar-refractivity contribution in [1.82, 2.24) is 14.4 Å². The van der Waals surface area contributed by atoms with Crippen molar-refractivity contribution in [2.45, 2.75) is 13.3 Å². The standard InChI is InChI=1S/C31H30N6O2/c1-2-22-6-8-23(9-7-22)31(38)34-26-5-3-4-24(20-26)28-21-37-15-14-32-30(37)29(35-28)33-25-10-12-27(13-11-25)36-16-18-39-19-17-36/h3-15,20-21H,2,16-19H2,1H3,(H,33,35)(H,34,38). The number of morpholine rings is 1. The number of imidazole rings is 1. The number of amides is 1. The molecule has 0 atom stereocenters. The van der Waals surface area contributed by atoms with E-state index in [2.05, 4.69) is 51.7 Å². The van der Waals surface area contributed by atoms with Gasteiger partial charge in [0.1, 0.15) is 0 Å². The van der Waals surface area contributed by atoms with Gasteiger partial charge in [0.25, 0.3) is 5.91 Å². The third-order valence-electron chi connectivity index (χ3n) is 6.92. The van der Waals surface area contributed by atoms with E-state index in [1.165, 1.54) is 11.3 Å². The number of aromatic nitrogens is 3. The number of hydrogen-bond donors (Lipinski definition) is 2. The SMILES string of the molecule is CCc1ccc(C(=O)Nc2cccc(-c3cn4ccnc4c(Nc4ccc(N5CCOCC5)cc4)n3)c2)cc1. The molecule has 1 amide bonds. The third kappa shape index (κ3) is 5.46. The molecule has 2 aromatic heterocycles. The molecule has 1 aliphatic rings. The summed E-state index contributed by atoms with van der Waals surface area (Å²) in [6.07, 6.45) is 6.54. The maximum Gasteiger partial charge on any atom is 0.255 e. The summed E-state index contributed by atoms with van der Waals surface area (Å²) in [5.41, 5.74) is 7.02. The highest BCUT2D eigenvalue weighted by molar-refractivity contribution is 6.04. The summed E-state index contributed by atoms with van der Waals surface area (Å²) in [5, 5.41) is 6.45. The third-order valence-corrected chi connectivity index (χ3v) is 6.92. The molecule has 0 saturated carbocycles. The highest BCUT2D eigenvalue weighted by Gasteiger charge is 2.13. The Labute approximate surface area is 227 Å². The fourth-order valence-electron chi connectivity index (χ4n) is 4.72. The number of aryl methyl sites for hydroxylation is 1. The minimum Gasteiger partial charge on any atom is -0.378 e. The lowest BCUT2D eigenvalue weighted by Gasteiger charge is -2.28. The second-order valence-corrected chi connectivity index (χ2v) is 9.49. The zero-order chi connectivity index (χ0) is 26.6. The second-order valence-electron chi connectivity index (χ2n) is 9.49. The lowest BCUT2D eigenvalue weighted by Crippen LogP contribution is -2.36. The fourth-order valence-corrected chi connectivity index (χ4v) is 4.72. The highest BCUT2D eigenvalue weighted by Crippen LogP contribution is 2.27. The second kappa shape index (κ2) is 11.0. The van der Waals surface area contributed by atoms with Crippen LogP contribution < -0.4 is 15.5 Å². The summed E-state index contributed by atoms with van der Waals surface area (Å²) in [6.45, 7) is 5.40. The molecule has 6 rings (SSSR count). The largest absolute Gasteiger partial charge is 0.378 e. The Balaban J connectivity index is 1.24. The van der Waals surface area contributed by atoms with Gasteiger partial charge in [-0.1, -0.05) is 31.2 Å². The van der Waals surface area contributed by atoms with E-state index in [-0.39, 0.29) is 5.91 Å². The predicted molar refractivity (Wildman–Crippen MR) is 155 cm³/mol. The monoisotopic (exact) mass is 518 g/mol. The molecule has 0 aliphatic carbocycles. The van der Waals surface area contributed by atoms with Crippen molar-refractivity contribution in [3.63, 3.8) is 0 Å². The van der Waals surface area contributed by atoms with Crippen molar-refractivity contribution in [2.75, 3.05) is 41.8 Å². The Morgan fingerprint density at radius 2 is 1.77 bits per heavy atom. The molecule has 1 fully saturated rings. The first-order chi connectivity index (χ1) is 19.2. The van der Waals surface area contributed by atoms with Gasteiger partial charge < -0.3 is 24.7 Å². The number of nitrogens with zero attached hydrogens (tertiary/aromatic N) is 4. The van der Waals surface area contributed by atoms with Crippen molar-refractivity contribution in [1.29, 1.82) is 0 Å². The van der Waals surface area contributed by atoms with Gasteiger partial charge in [-0.05, 0) is 60.5 Å². The average Bonchev–Trinajstić information content (AvgIpc) is 3.47. The van der Waals surface area contributed by atoms with Crippen LogP contribution in [0, 0.1) is 0 Å². The van der Waals surface area contributed by atoms with Crippen molar-refractivity contribution in [2.24, 2.45) is 0 Å². The van der Waals surface area contributed by atoms with Crippen LogP contribution >= 0.6 is 0 Å². The molecule has 2 N–H and O–H groups in total. The number of anilines is 4. The Morgan fingerprint density at radius 3 is 2.54 bits per heavy atom. The van der Waals surface area contributed by atoms with Crippen molar-refractivity contribution in [3.8, 4) is 11.3 Å². The summed E-state index contributed by atoms with van der Waals surface area (Å²) >= 11 is 0. The number of ether oxygens (including phenoxy) is 1. The van der Waals surface area contributed by atoms with Gasteiger partial charge in [-0.25, -0.2) is 9.97 Å². The van der Waals surface area contributed by atoms with E-state index in [4.69, 9.17) is 9.72 Å². The topological polar surface area (TPSA) is 83.8 Å². The van der Waals surface area contributed by atoms with E-state index in [1.807, 2.05) is 65.3 Å². The Morgan fingerprint density at radius 1 is 0.974 bits per heavy atom. The molecule has 0 spiro atoms. The fraction of sp³-hybridized carbons (Fsp3) is 0.194. The number of hydrogen-bond acceptors (Lipinski definition) is 6. The van der Waals surface area contributed by atoms with Crippen molar-refractivity contribution < 1.29 is 9.53 Å². The van der Waals surface area contributed by atoms with Gasteiger partial charge in [-0.15, -0.1) is 0 Å². The first kappa shape index (κ1) is 24.6. The van der Waals surface area contributed by atoms with Gasteiger partial charge in [0.2, 0.25) is 0 Å². The van der Waals surface area contributed by atoms with Crippen LogP contribution in [0.25, 0.3) is 16.9 Å². The van der Waals surface area contributed by atoms with E-state index >= 15 is 0 Å². The predicted octanol–water partition coefficient (Wildman–Crippen LogP) is 5.79. The van der Waals surface area contributed by atoms with Gasteiger partial charge in [0.05, 0.1) is 18.9 Å². The molecule has 3 aromatic carbocycles. The molecule has 1 aliphatic heterocycles. The minimum atomic E-state index is -0.143. The van der Waals surface area contributed by atoms with Crippen LogP contribution in [-0.2, 0) is 11.2 Å². The Hall–Kier alpha value is -4.69. The van der Waals surface area contributed by atoms with E-state index in [0.717, 1.165) is 55.3 Å². The van der Waals surface area contributed by atoms with E-state index in [1.54, 1.807) is 6.20 Å². The number of fused-ring (bicyclic) bond motifs is 1. The van der Waals surface area contributed by atoms with Gasteiger partial charge in [0, 0.05) is 59.9 Å². The maximum atomic E-state index is 12.8. The van der Waals surface area contributed by atoms with Crippen LogP contribution in [0.5, 0.6) is 0 Å². The Kier molecular flexibility index (Phi) is 6.93. The van der Waals surface area contributed by atoms with Crippen LogP contribution in [0.4, 0.5) is 22.9 Å². The van der Waals surface area contributed by atoms with Crippen LogP contribution in [0.3, 0.4) is 0 Å². The summed E-state index contributed by atoms with van der Waals surface area (Å²) in [5.74, 6) is 0.512. The summed E-state index contributed by atoms with van der Waals surface area (Å²) in [6, 6.07) is 23.8. The first-order valence-corrected chi connectivity index (χ1v) is 13.2. The average molecular weight is 519 g/mol. The van der Waals surface area contributed by atoms with Gasteiger partial charge >= 0.3 is 0 Å². The molecule has 0 radical (unpaired) electrons. The lowest BCUT2D eigenvalue weighted by molar-refractivity contribution is 0.102. The minimum absolute atomic E-state index is 0.143. The number of benzene rings is 3. The lowest BCUT2D eigenvalue weighted by atomic mass is 10.1. The summed E-state index contributed by atoms with van der Waals surface area (Å²) in [4.78, 5) is 24.6. The molecule has 0 bridgehead atoms. The number of nitrogens with one attached hydrogen (secondary N) is 2. The van der Waals surface area contributed by atoms with E-state index in [9.17, 15) is 4.79 Å². The van der Waals surface area contributed by atoms with E-state index < -0.39 is 0 Å². The van der Waals surface area contributed by atoms with Crippen LogP contribution in [-0.4, -0.2) is 46.6 Å². The van der Waals surface area contributed by atoms with Crippen LogP contribution in [0.1, 0.15) is 22.8 Å². The van der Waals surface area contributed by atoms with Gasteiger partial charge in [-0.2, -0.15) is 0 Å². The number of carbonyl (C=O) groups is 1. The quantitative estimate of drug-likeness (QED) is 0.284. The summed E-state index contributed by atoms with van der Waals surface area (Å²) < 4.78 is 7.42. The van der Waals surface area contributed by atoms with E-state index in [0.29, 0.717) is 17.1 Å². The van der Waals surface area contributed by atoms with Crippen LogP contribution in [0.2, 0.25) is 0 Å². The zero-order valence-electron chi connectivity index (χ0n) is 21.8. The smallest absolute Gasteiger partial charge is 0.255 e. The number of carbonyl (C=O) groups excluding carboxylic acids is 1. The molecular formula is C31H30N6O2. The molecule has 8 heteroatoms. The normalized spacial score (nSPS) is 13.4.